The lowest BCUT2D eigenvalue weighted by Crippen LogP contribution is -2.25. The van der Waals surface area contributed by atoms with E-state index in [4.69, 9.17) is 23.7 Å². The molecule has 0 aliphatic carbocycles. The van der Waals surface area contributed by atoms with Gasteiger partial charge in [0.1, 0.15) is 5.75 Å². The van der Waals surface area contributed by atoms with Gasteiger partial charge in [-0.1, -0.05) is 13.8 Å². The number of rotatable bonds is 4. The van der Waals surface area contributed by atoms with E-state index >= 15 is 0 Å². The molecule has 0 bridgehead atoms. The molecule has 0 amide bonds. The highest BCUT2D eigenvalue weighted by Crippen LogP contribution is 2.35. The number of carbonyl (C=O) groups is 2. The molecule has 21 heavy (non-hydrogen) atoms. The second kappa shape index (κ2) is 6.34. The van der Waals surface area contributed by atoms with Gasteiger partial charge >= 0.3 is 12.1 Å². The van der Waals surface area contributed by atoms with Crippen LogP contribution in [-0.4, -0.2) is 25.2 Å². The van der Waals surface area contributed by atoms with E-state index < -0.39 is 18.4 Å². The van der Waals surface area contributed by atoms with E-state index in [-0.39, 0.29) is 18.5 Å². The third-order valence-electron chi connectivity index (χ3n) is 2.56. The Morgan fingerprint density at radius 3 is 2.52 bits per heavy atom. The van der Waals surface area contributed by atoms with Crippen LogP contribution in [0.25, 0.3) is 0 Å². The van der Waals surface area contributed by atoms with Crippen molar-refractivity contribution in [1.82, 2.24) is 0 Å². The summed E-state index contributed by atoms with van der Waals surface area (Å²) < 4.78 is 25.0. The molecule has 0 saturated heterocycles. The van der Waals surface area contributed by atoms with Gasteiger partial charge in [0, 0.05) is 13.0 Å². The fourth-order valence-electron chi connectivity index (χ4n) is 1.52. The second-order valence-electron chi connectivity index (χ2n) is 4.64. The van der Waals surface area contributed by atoms with E-state index in [1.807, 2.05) is 0 Å². The monoisotopic (exact) mass is 296 g/mol. The van der Waals surface area contributed by atoms with Gasteiger partial charge in [-0.2, -0.15) is 0 Å². The van der Waals surface area contributed by atoms with Crippen molar-refractivity contribution in [2.45, 2.75) is 27.1 Å². The Kier molecular flexibility index (Phi) is 4.52. The zero-order valence-corrected chi connectivity index (χ0v) is 12.0. The second-order valence-corrected chi connectivity index (χ2v) is 4.64. The Hall–Kier alpha value is -2.44. The minimum absolute atomic E-state index is 0.130. The first kappa shape index (κ1) is 15.0. The van der Waals surface area contributed by atoms with Crippen molar-refractivity contribution in [3.8, 4) is 17.2 Å². The van der Waals surface area contributed by atoms with Gasteiger partial charge in [-0.25, -0.2) is 4.79 Å². The number of ether oxygens (including phenoxy) is 5. The average Bonchev–Trinajstić information content (AvgIpc) is 2.85. The third kappa shape index (κ3) is 4.01. The Labute approximate surface area is 121 Å². The number of esters is 1. The van der Waals surface area contributed by atoms with Crippen molar-refractivity contribution in [3.05, 3.63) is 18.2 Å². The first-order chi connectivity index (χ1) is 9.95. The van der Waals surface area contributed by atoms with E-state index in [1.54, 1.807) is 26.0 Å². The van der Waals surface area contributed by atoms with Crippen molar-refractivity contribution in [2.75, 3.05) is 6.79 Å². The smallest absolute Gasteiger partial charge is 0.454 e. The molecule has 1 aliphatic heterocycles. The summed E-state index contributed by atoms with van der Waals surface area (Å²) >= 11 is 0. The summed E-state index contributed by atoms with van der Waals surface area (Å²) in [6, 6.07) is 4.67. The predicted molar refractivity (Wildman–Crippen MR) is 70.1 cm³/mol. The lowest BCUT2D eigenvalue weighted by Gasteiger charge is -2.15. The van der Waals surface area contributed by atoms with Gasteiger partial charge in [-0.15, -0.1) is 0 Å². The number of hydrogen-bond acceptors (Lipinski definition) is 7. The van der Waals surface area contributed by atoms with Crippen LogP contribution in [0.2, 0.25) is 0 Å². The maximum Gasteiger partial charge on any atom is 0.516 e. The summed E-state index contributed by atoms with van der Waals surface area (Å²) in [4.78, 5) is 22.9. The van der Waals surface area contributed by atoms with Crippen LogP contribution in [0.4, 0.5) is 4.79 Å². The number of hydrogen-bond donors (Lipinski definition) is 0. The van der Waals surface area contributed by atoms with Crippen molar-refractivity contribution < 1.29 is 33.3 Å². The molecule has 7 nitrogen and oxygen atoms in total. The van der Waals surface area contributed by atoms with Gasteiger partial charge in [0.2, 0.25) is 13.1 Å². The molecular formula is C14H16O7. The van der Waals surface area contributed by atoms with Crippen LogP contribution >= 0.6 is 0 Å². The summed E-state index contributed by atoms with van der Waals surface area (Å²) in [5.41, 5.74) is 0. The maximum atomic E-state index is 11.6. The topological polar surface area (TPSA) is 80.3 Å². The SMILES string of the molecule is CC(OC(=O)Oc1ccc2c(c1)OCO2)OC(=O)C(C)C. The van der Waals surface area contributed by atoms with Crippen LogP contribution in [0.1, 0.15) is 20.8 Å². The molecule has 0 N–H and O–H groups in total. The van der Waals surface area contributed by atoms with Crippen molar-refractivity contribution in [2.24, 2.45) is 5.92 Å². The molecule has 1 unspecified atom stereocenters. The Morgan fingerprint density at radius 2 is 1.81 bits per heavy atom. The van der Waals surface area contributed by atoms with Gasteiger partial charge in [0.25, 0.3) is 0 Å². The van der Waals surface area contributed by atoms with Crippen LogP contribution in [0.3, 0.4) is 0 Å². The molecule has 1 heterocycles. The molecule has 0 saturated carbocycles. The zero-order valence-electron chi connectivity index (χ0n) is 12.0. The van der Waals surface area contributed by atoms with Crippen molar-refractivity contribution in [3.63, 3.8) is 0 Å². The molecule has 0 fully saturated rings. The van der Waals surface area contributed by atoms with Crippen molar-refractivity contribution in [1.29, 1.82) is 0 Å². The first-order valence-electron chi connectivity index (χ1n) is 6.44. The maximum absolute atomic E-state index is 11.6. The summed E-state index contributed by atoms with van der Waals surface area (Å²) in [6.45, 7) is 4.92. The lowest BCUT2D eigenvalue weighted by molar-refractivity contribution is -0.170. The summed E-state index contributed by atoms with van der Waals surface area (Å²) in [5, 5.41) is 0. The van der Waals surface area contributed by atoms with Gasteiger partial charge in [0.05, 0.1) is 5.92 Å². The summed E-state index contributed by atoms with van der Waals surface area (Å²) in [6.07, 6.45) is -2.00. The highest BCUT2D eigenvalue weighted by Gasteiger charge is 2.19. The normalized spacial score (nSPS) is 13.7. The largest absolute Gasteiger partial charge is 0.516 e. The molecule has 0 spiro atoms. The van der Waals surface area contributed by atoms with Crippen LogP contribution < -0.4 is 14.2 Å². The molecule has 114 valence electrons. The molecule has 1 atom stereocenters. The highest BCUT2D eigenvalue weighted by atomic mass is 16.8. The minimum Gasteiger partial charge on any atom is -0.454 e. The quantitative estimate of drug-likeness (QED) is 0.479. The van der Waals surface area contributed by atoms with Crippen LogP contribution in [0, 0.1) is 5.92 Å². The van der Waals surface area contributed by atoms with E-state index in [9.17, 15) is 9.59 Å². The van der Waals surface area contributed by atoms with Crippen molar-refractivity contribution >= 4 is 12.1 Å². The lowest BCUT2D eigenvalue weighted by atomic mass is 10.2. The molecule has 1 aromatic rings. The fraction of sp³-hybridized carbons (Fsp3) is 0.429. The minimum atomic E-state index is -1.03. The molecule has 0 aromatic heterocycles. The van der Waals surface area contributed by atoms with E-state index in [0.29, 0.717) is 11.5 Å². The fourth-order valence-corrected chi connectivity index (χ4v) is 1.52. The predicted octanol–water partition coefficient (Wildman–Crippen LogP) is 2.48. The summed E-state index contributed by atoms with van der Waals surface area (Å²) in [7, 11) is 0. The van der Waals surface area contributed by atoms with E-state index in [0.717, 1.165) is 0 Å². The zero-order chi connectivity index (χ0) is 15.4. The Morgan fingerprint density at radius 1 is 1.10 bits per heavy atom. The molecule has 1 aromatic carbocycles. The van der Waals surface area contributed by atoms with E-state index in [2.05, 4.69) is 0 Å². The molecule has 1 aliphatic rings. The third-order valence-corrected chi connectivity index (χ3v) is 2.56. The Bertz CT molecular complexity index is 538. The standard InChI is InChI=1S/C14H16O7/c1-8(2)13(15)19-9(3)20-14(16)21-10-4-5-11-12(6-10)18-7-17-11/h4-6,8-9H,7H2,1-3H3. The average molecular weight is 296 g/mol. The Balaban J connectivity index is 1.85. The van der Waals surface area contributed by atoms with Gasteiger partial charge in [0.15, 0.2) is 11.5 Å². The van der Waals surface area contributed by atoms with E-state index in [1.165, 1.54) is 13.0 Å². The van der Waals surface area contributed by atoms with Crippen LogP contribution in [-0.2, 0) is 14.3 Å². The van der Waals surface area contributed by atoms with Crippen LogP contribution in [0.15, 0.2) is 18.2 Å². The van der Waals surface area contributed by atoms with Crippen LogP contribution in [0.5, 0.6) is 17.2 Å². The molecule has 0 radical (unpaired) electrons. The molecule has 7 heteroatoms. The van der Waals surface area contributed by atoms with Gasteiger partial charge in [-0.05, 0) is 12.1 Å². The highest BCUT2D eigenvalue weighted by molar-refractivity contribution is 5.72. The number of carbonyl (C=O) groups excluding carboxylic acids is 2. The molecular weight excluding hydrogens is 280 g/mol. The number of fused-ring (bicyclic) bond motifs is 1. The summed E-state index contributed by atoms with van der Waals surface area (Å²) in [5.74, 6) is 0.542. The van der Waals surface area contributed by atoms with Gasteiger partial charge in [-0.3, -0.25) is 4.79 Å². The number of benzene rings is 1. The first-order valence-corrected chi connectivity index (χ1v) is 6.44. The molecule has 2 rings (SSSR count). The van der Waals surface area contributed by atoms with Gasteiger partial charge < -0.3 is 23.7 Å².